The Bertz CT molecular complexity index is 881. The van der Waals surface area contributed by atoms with Crippen LogP contribution in [0.25, 0.3) is 0 Å². The van der Waals surface area contributed by atoms with Crippen molar-refractivity contribution in [3.63, 3.8) is 0 Å². The van der Waals surface area contributed by atoms with E-state index in [1.54, 1.807) is 0 Å². The molecule has 0 aromatic heterocycles. The van der Waals surface area contributed by atoms with Gasteiger partial charge in [-0.1, -0.05) is 133 Å². The van der Waals surface area contributed by atoms with Crippen LogP contribution < -0.4 is 15.6 Å². The zero-order chi connectivity index (χ0) is 31.0. The van der Waals surface area contributed by atoms with Gasteiger partial charge in [-0.25, -0.2) is 0 Å². The largest absolute Gasteiger partial charge is 0.490 e. The maximum atomic E-state index is 10.3. The molecule has 43 heavy (non-hydrogen) atoms. The van der Waals surface area contributed by atoms with Crippen LogP contribution in [-0.4, -0.2) is 35.5 Å². The Morgan fingerprint density at radius 2 is 0.907 bits per heavy atom. The summed E-state index contributed by atoms with van der Waals surface area (Å²) in [5.74, 6) is 1.03. The Kier molecular flexibility index (Phi) is 24.3. The molecule has 0 aliphatic rings. The molecule has 5 N–H and O–H groups in total. The first kappa shape index (κ1) is 40.4. The molecule has 0 spiro atoms. The quantitative estimate of drug-likeness (QED) is 0.116. The van der Waals surface area contributed by atoms with Crippen molar-refractivity contribution in [3.8, 4) is 11.5 Å². The Hall–Kier alpha value is -2.57. The van der Waals surface area contributed by atoms with Gasteiger partial charge in [0, 0.05) is 6.42 Å². The summed E-state index contributed by atoms with van der Waals surface area (Å²) in [7, 11) is 0. The average Bonchev–Trinajstić information content (AvgIpc) is 2.95. The third kappa shape index (κ3) is 20.1. The molecular formula is C37H63NO5. The molecule has 6 heteroatoms. The van der Waals surface area contributed by atoms with Crippen molar-refractivity contribution in [2.45, 2.75) is 143 Å². The predicted octanol–water partition coefficient (Wildman–Crippen LogP) is 10.2. The van der Waals surface area contributed by atoms with Crippen molar-refractivity contribution >= 4 is 5.97 Å². The Balaban J connectivity index is 0.000000807. The molecule has 246 valence electrons. The van der Waals surface area contributed by atoms with Gasteiger partial charge in [-0.05, 0) is 56.4 Å². The van der Waals surface area contributed by atoms with Crippen molar-refractivity contribution in [1.82, 2.24) is 6.15 Å². The van der Waals surface area contributed by atoms with Gasteiger partial charge >= 0.3 is 5.97 Å². The number of benzene rings is 2. The van der Waals surface area contributed by atoms with E-state index >= 15 is 0 Å². The average molecular weight is 602 g/mol. The smallest absolute Gasteiger partial charge is 0.303 e. The van der Waals surface area contributed by atoms with Gasteiger partial charge in [0.05, 0.1) is 0 Å². The van der Waals surface area contributed by atoms with Crippen LogP contribution in [0.5, 0.6) is 11.5 Å². The van der Waals surface area contributed by atoms with Crippen LogP contribution in [0.1, 0.15) is 132 Å². The predicted molar refractivity (Wildman–Crippen MR) is 181 cm³/mol. The number of hydrogen-bond acceptors (Lipinski definition) is 5. The van der Waals surface area contributed by atoms with Gasteiger partial charge in [-0.15, -0.1) is 0 Å². The van der Waals surface area contributed by atoms with Crippen molar-refractivity contribution in [1.29, 1.82) is 0 Å². The van der Waals surface area contributed by atoms with E-state index in [2.05, 4.69) is 6.92 Å². The van der Waals surface area contributed by atoms with Crippen molar-refractivity contribution < 1.29 is 24.5 Å². The zero-order valence-electron chi connectivity index (χ0n) is 28.1. The first-order valence-electron chi connectivity index (χ1n) is 16.5. The highest BCUT2D eigenvalue weighted by Crippen LogP contribution is 2.24. The lowest BCUT2D eigenvalue weighted by Gasteiger charge is -2.17. The van der Waals surface area contributed by atoms with E-state index in [4.69, 9.17) is 14.6 Å². The minimum Gasteiger partial charge on any atom is -0.490 e. The summed E-state index contributed by atoms with van der Waals surface area (Å²) in [6.07, 6.45) is 19.5. The molecule has 2 aromatic rings. The number of aryl methyl sites for hydroxylation is 4. The molecule has 0 fully saturated rings. The van der Waals surface area contributed by atoms with Crippen LogP contribution in [0.3, 0.4) is 0 Å². The van der Waals surface area contributed by atoms with Crippen LogP contribution in [-0.2, 0) is 4.79 Å². The van der Waals surface area contributed by atoms with Gasteiger partial charge in [0.15, 0.2) is 0 Å². The minimum absolute atomic E-state index is 0. The number of rotatable bonds is 22. The molecule has 0 atom stereocenters. The molecule has 0 aliphatic heterocycles. The lowest BCUT2D eigenvalue weighted by molar-refractivity contribution is -0.137. The Morgan fingerprint density at radius 1 is 0.605 bits per heavy atom. The maximum Gasteiger partial charge on any atom is 0.303 e. The van der Waals surface area contributed by atoms with Crippen molar-refractivity contribution in [3.05, 3.63) is 58.7 Å². The number of unbranched alkanes of at least 4 members (excludes halogenated alkanes) is 14. The van der Waals surface area contributed by atoms with Gasteiger partial charge in [-0.3, -0.25) is 4.79 Å². The molecule has 6 nitrogen and oxygen atoms in total. The van der Waals surface area contributed by atoms with E-state index in [0.717, 1.165) is 46.6 Å². The summed E-state index contributed by atoms with van der Waals surface area (Å²) >= 11 is 0. The number of hydrogen-bond donors (Lipinski definition) is 3. The standard InChI is InChI=1S/C19H24O3.C18H36O2.H3N/c1-13-7-5-8-14(2)18(13)21-11-17(20)12-22-19-15(3)9-6-10-16(19)4;1-2-3-4-5-6-7-8-9-10-11-12-13-14-15-16-17-18(19)20;/h5-10,17,20H,11-12H2,1-4H3;2-17H2,1H3,(H,19,20);1H3. The summed E-state index contributed by atoms with van der Waals surface area (Å²) in [4.78, 5) is 10.3. The third-order valence-corrected chi connectivity index (χ3v) is 7.65. The molecular weight excluding hydrogens is 538 g/mol. The fourth-order valence-electron chi connectivity index (χ4n) is 5.11. The third-order valence-electron chi connectivity index (χ3n) is 7.65. The van der Waals surface area contributed by atoms with Gasteiger partial charge in [0.25, 0.3) is 0 Å². The second kappa shape index (κ2) is 25.9. The summed E-state index contributed by atoms with van der Waals surface area (Å²) in [5.41, 5.74) is 4.29. The SMILES string of the molecule is CCCCCCCCCCCCCCCCCC(=O)O.Cc1cccc(C)c1OCC(O)COc1c(C)cccc1C.N. The van der Waals surface area contributed by atoms with Crippen molar-refractivity contribution in [2.75, 3.05) is 13.2 Å². The normalized spacial score (nSPS) is 10.6. The zero-order valence-corrected chi connectivity index (χ0v) is 28.1. The number of aliphatic hydroxyl groups excluding tert-OH is 1. The number of carboxylic acid groups (broad SMARTS) is 1. The van der Waals surface area contributed by atoms with Gasteiger partial charge < -0.3 is 25.8 Å². The van der Waals surface area contributed by atoms with E-state index in [9.17, 15) is 9.90 Å². The molecule has 2 aromatic carbocycles. The number of aliphatic hydroxyl groups is 1. The van der Waals surface area contributed by atoms with Gasteiger partial charge in [0.1, 0.15) is 30.8 Å². The second-order valence-corrected chi connectivity index (χ2v) is 11.8. The van der Waals surface area contributed by atoms with Crippen LogP contribution in [0, 0.1) is 27.7 Å². The summed E-state index contributed by atoms with van der Waals surface area (Å²) in [6, 6.07) is 12.0. The molecule has 0 aliphatic carbocycles. The number of para-hydroxylation sites is 2. The minimum atomic E-state index is -0.669. The fraction of sp³-hybridized carbons (Fsp3) is 0.649. The van der Waals surface area contributed by atoms with Crippen LogP contribution >= 0.6 is 0 Å². The second-order valence-electron chi connectivity index (χ2n) is 11.8. The first-order valence-corrected chi connectivity index (χ1v) is 16.5. The highest BCUT2D eigenvalue weighted by Gasteiger charge is 2.11. The van der Waals surface area contributed by atoms with E-state index < -0.39 is 12.1 Å². The number of carboxylic acids is 1. The monoisotopic (exact) mass is 601 g/mol. The molecule has 0 saturated carbocycles. The van der Waals surface area contributed by atoms with E-state index in [1.165, 1.54) is 83.5 Å². The molecule has 0 heterocycles. The number of carbonyl (C=O) groups is 1. The fourth-order valence-corrected chi connectivity index (χ4v) is 5.11. The number of ether oxygens (including phenoxy) is 2. The molecule has 0 amide bonds. The molecule has 0 radical (unpaired) electrons. The Morgan fingerprint density at radius 3 is 1.21 bits per heavy atom. The Labute approximate surface area is 263 Å². The molecule has 0 unspecified atom stereocenters. The van der Waals surface area contributed by atoms with E-state index in [-0.39, 0.29) is 19.4 Å². The molecule has 2 rings (SSSR count). The molecule has 0 saturated heterocycles. The topological polar surface area (TPSA) is 111 Å². The molecule has 0 bridgehead atoms. The summed E-state index contributed by atoms with van der Waals surface area (Å²) < 4.78 is 11.5. The van der Waals surface area contributed by atoms with Gasteiger partial charge in [-0.2, -0.15) is 0 Å². The lowest BCUT2D eigenvalue weighted by Crippen LogP contribution is -2.25. The van der Waals surface area contributed by atoms with E-state index in [0.29, 0.717) is 6.42 Å². The first-order chi connectivity index (χ1) is 20.3. The van der Waals surface area contributed by atoms with Crippen LogP contribution in [0.15, 0.2) is 36.4 Å². The number of aliphatic carboxylic acids is 1. The van der Waals surface area contributed by atoms with Crippen molar-refractivity contribution in [2.24, 2.45) is 0 Å². The van der Waals surface area contributed by atoms with Gasteiger partial charge in [0.2, 0.25) is 0 Å². The van der Waals surface area contributed by atoms with Crippen LogP contribution in [0.4, 0.5) is 0 Å². The highest BCUT2D eigenvalue weighted by molar-refractivity contribution is 5.66. The highest BCUT2D eigenvalue weighted by atomic mass is 16.5. The summed E-state index contributed by atoms with van der Waals surface area (Å²) in [5, 5.41) is 18.6. The van der Waals surface area contributed by atoms with Crippen LogP contribution in [0.2, 0.25) is 0 Å². The lowest BCUT2D eigenvalue weighted by atomic mass is 10.0. The van der Waals surface area contributed by atoms with E-state index in [1.807, 2.05) is 64.1 Å². The summed E-state index contributed by atoms with van der Waals surface area (Å²) in [6.45, 7) is 10.7. The maximum absolute atomic E-state index is 10.3.